The summed E-state index contributed by atoms with van der Waals surface area (Å²) in [6.07, 6.45) is 0. The Morgan fingerprint density at radius 2 is 1.79 bits per heavy atom. The highest BCUT2D eigenvalue weighted by molar-refractivity contribution is 7.98. The number of halogens is 1. The Labute approximate surface area is 176 Å². The molecule has 0 aliphatic rings. The lowest BCUT2D eigenvalue weighted by atomic mass is 10.1. The van der Waals surface area contributed by atoms with E-state index in [1.54, 1.807) is 37.3 Å². The van der Waals surface area contributed by atoms with Crippen LogP contribution in [0, 0.1) is 0 Å². The van der Waals surface area contributed by atoms with E-state index in [9.17, 15) is 0 Å². The Bertz CT molecular complexity index is 1120. The molecule has 0 fully saturated rings. The third-order valence-electron chi connectivity index (χ3n) is 4.27. The van der Waals surface area contributed by atoms with E-state index in [4.69, 9.17) is 26.1 Å². The zero-order valence-electron chi connectivity index (χ0n) is 15.3. The van der Waals surface area contributed by atoms with Gasteiger partial charge in [-0.1, -0.05) is 59.8 Å². The summed E-state index contributed by atoms with van der Waals surface area (Å²) in [4.78, 5) is 10.1. The van der Waals surface area contributed by atoms with Crippen LogP contribution in [0.3, 0.4) is 0 Å². The molecule has 28 heavy (non-hydrogen) atoms. The van der Waals surface area contributed by atoms with Gasteiger partial charge >= 0.3 is 0 Å². The van der Waals surface area contributed by atoms with E-state index >= 15 is 0 Å². The molecule has 2 aromatic heterocycles. The van der Waals surface area contributed by atoms with Crippen LogP contribution in [0.4, 0.5) is 0 Å². The number of thiophene rings is 1. The molecule has 0 saturated carbocycles. The normalized spacial score (nSPS) is 11.0. The fourth-order valence-electron chi connectivity index (χ4n) is 2.88. The molecule has 0 aliphatic carbocycles. The van der Waals surface area contributed by atoms with Gasteiger partial charge in [0, 0.05) is 16.7 Å². The third-order valence-corrected chi connectivity index (χ3v) is 6.34. The molecule has 4 nitrogen and oxygen atoms in total. The van der Waals surface area contributed by atoms with Crippen LogP contribution < -0.4 is 9.47 Å². The van der Waals surface area contributed by atoms with Crippen molar-refractivity contribution in [1.29, 1.82) is 0 Å². The van der Waals surface area contributed by atoms with Crippen LogP contribution in [0.5, 0.6) is 11.5 Å². The molecule has 4 rings (SSSR count). The summed E-state index contributed by atoms with van der Waals surface area (Å²) in [7, 11) is 3.25. The van der Waals surface area contributed by atoms with Gasteiger partial charge < -0.3 is 9.47 Å². The van der Waals surface area contributed by atoms with Crippen LogP contribution in [-0.4, -0.2) is 24.2 Å². The molecule has 4 aromatic rings. The predicted octanol–water partition coefficient (Wildman–Crippen LogP) is 6.32. The topological polar surface area (TPSA) is 44.2 Å². The monoisotopic (exact) mass is 428 g/mol. The molecule has 2 heterocycles. The number of fused-ring (bicyclic) bond motifs is 1. The number of methoxy groups -OCH3 is 2. The fraction of sp³-hybridized carbons (Fsp3) is 0.143. The Kier molecular flexibility index (Phi) is 5.71. The number of benzene rings is 2. The number of hydrogen-bond donors (Lipinski definition) is 0. The molecule has 0 radical (unpaired) electrons. The minimum absolute atomic E-state index is 0.464. The highest BCUT2D eigenvalue weighted by Crippen LogP contribution is 2.40. The summed E-state index contributed by atoms with van der Waals surface area (Å²) in [5.74, 6) is 2.16. The van der Waals surface area contributed by atoms with Crippen LogP contribution in [0.15, 0.2) is 59.1 Å². The minimum atomic E-state index is 0.464. The minimum Gasteiger partial charge on any atom is -0.493 e. The van der Waals surface area contributed by atoms with Crippen molar-refractivity contribution in [3.05, 3.63) is 64.6 Å². The summed E-state index contributed by atoms with van der Waals surface area (Å²) < 4.78 is 10.7. The van der Waals surface area contributed by atoms with Crippen LogP contribution in [0.2, 0.25) is 5.15 Å². The maximum atomic E-state index is 6.56. The smallest absolute Gasteiger partial charge is 0.190 e. The van der Waals surface area contributed by atoms with E-state index in [-0.39, 0.29) is 0 Å². The molecular weight excluding hydrogens is 412 g/mol. The van der Waals surface area contributed by atoms with Crippen molar-refractivity contribution < 1.29 is 9.47 Å². The second-order valence-electron chi connectivity index (χ2n) is 5.97. The summed E-state index contributed by atoms with van der Waals surface area (Å²) in [6, 6.07) is 16.1. The van der Waals surface area contributed by atoms with Gasteiger partial charge in [0.05, 0.1) is 19.6 Å². The van der Waals surface area contributed by atoms with Gasteiger partial charge in [0.2, 0.25) is 0 Å². The van der Waals surface area contributed by atoms with Crippen molar-refractivity contribution in [2.75, 3.05) is 14.2 Å². The van der Waals surface area contributed by atoms with Gasteiger partial charge in [-0.3, -0.25) is 0 Å². The first-order valence-electron chi connectivity index (χ1n) is 8.53. The van der Waals surface area contributed by atoms with Crippen molar-refractivity contribution in [3.8, 4) is 22.6 Å². The summed E-state index contributed by atoms with van der Waals surface area (Å²) >= 11 is 9.70. The van der Waals surface area contributed by atoms with Gasteiger partial charge in [0.1, 0.15) is 9.98 Å². The highest BCUT2D eigenvalue weighted by atomic mass is 35.5. The van der Waals surface area contributed by atoms with Crippen LogP contribution >= 0.6 is 34.7 Å². The van der Waals surface area contributed by atoms with Gasteiger partial charge in [-0.2, -0.15) is 0 Å². The lowest BCUT2D eigenvalue weighted by molar-refractivity contribution is 0.355. The molecule has 0 atom stereocenters. The Morgan fingerprint density at radius 1 is 1.00 bits per heavy atom. The third kappa shape index (κ3) is 3.81. The Morgan fingerprint density at radius 3 is 2.54 bits per heavy atom. The number of thioether (sulfide) groups is 1. The van der Waals surface area contributed by atoms with Gasteiger partial charge in [-0.15, -0.1) is 11.3 Å². The van der Waals surface area contributed by atoms with E-state index in [0.717, 1.165) is 27.1 Å². The SMILES string of the molecule is COc1ccc(-c2csc3nc(SCc4ccccc4)nc(Cl)c23)cc1OC. The lowest BCUT2D eigenvalue weighted by Gasteiger charge is -2.09. The standard InChI is InChI=1S/C21H17ClN2O2S2/c1-25-16-9-8-14(10-17(16)26-2)15-12-27-20-18(15)19(22)23-21(24-20)28-11-13-6-4-3-5-7-13/h3-10,12H,11H2,1-2H3. The molecule has 0 saturated heterocycles. The van der Waals surface area contributed by atoms with E-state index in [2.05, 4.69) is 22.5 Å². The molecule has 2 aromatic carbocycles. The summed E-state index contributed by atoms with van der Waals surface area (Å²) in [5.41, 5.74) is 3.20. The average Bonchev–Trinajstić information content (AvgIpc) is 3.17. The zero-order chi connectivity index (χ0) is 19.5. The van der Waals surface area contributed by atoms with Crippen molar-refractivity contribution in [3.63, 3.8) is 0 Å². The van der Waals surface area contributed by atoms with Crippen molar-refractivity contribution in [1.82, 2.24) is 9.97 Å². The van der Waals surface area contributed by atoms with Gasteiger partial charge in [0.15, 0.2) is 16.7 Å². The quantitative estimate of drug-likeness (QED) is 0.204. The molecule has 0 unspecified atom stereocenters. The number of ether oxygens (including phenoxy) is 2. The average molecular weight is 429 g/mol. The number of hydrogen-bond acceptors (Lipinski definition) is 6. The van der Waals surface area contributed by atoms with E-state index in [1.165, 1.54) is 5.56 Å². The van der Waals surface area contributed by atoms with E-state index in [0.29, 0.717) is 21.8 Å². The first-order chi connectivity index (χ1) is 13.7. The van der Waals surface area contributed by atoms with E-state index in [1.807, 2.05) is 36.4 Å². The lowest BCUT2D eigenvalue weighted by Crippen LogP contribution is -1.92. The first kappa shape index (κ1) is 19.1. The van der Waals surface area contributed by atoms with Crippen molar-refractivity contribution >= 4 is 44.9 Å². The maximum Gasteiger partial charge on any atom is 0.190 e. The van der Waals surface area contributed by atoms with Gasteiger partial charge in [-0.05, 0) is 23.3 Å². The van der Waals surface area contributed by atoms with Crippen molar-refractivity contribution in [2.24, 2.45) is 0 Å². The largest absolute Gasteiger partial charge is 0.493 e. The molecule has 0 N–H and O–H groups in total. The number of rotatable bonds is 6. The van der Waals surface area contributed by atoms with Crippen LogP contribution in [-0.2, 0) is 5.75 Å². The zero-order valence-corrected chi connectivity index (χ0v) is 17.7. The van der Waals surface area contributed by atoms with Gasteiger partial charge in [-0.25, -0.2) is 9.97 Å². The number of nitrogens with zero attached hydrogens (tertiary/aromatic N) is 2. The van der Waals surface area contributed by atoms with Crippen molar-refractivity contribution in [2.45, 2.75) is 10.9 Å². The maximum absolute atomic E-state index is 6.56. The van der Waals surface area contributed by atoms with Gasteiger partial charge in [0.25, 0.3) is 0 Å². The molecule has 0 bridgehead atoms. The molecule has 0 spiro atoms. The van der Waals surface area contributed by atoms with E-state index < -0.39 is 0 Å². The second-order valence-corrected chi connectivity index (χ2v) is 8.13. The van der Waals surface area contributed by atoms with Crippen LogP contribution in [0.25, 0.3) is 21.3 Å². The first-order valence-corrected chi connectivity index (χ1v) is 10.8. The Balaban J connectivity index is 1.67. The summed E-state index contributed by atoms with van der Waals surface area (Å²) in [5, 5.41) is 4.06. The fourth-order valence-corrected chi connectivity index (χ4v) is 5.07. The molecular formula is C21H17ClN2O2S2. The molecule has 7 heteroatoms. The molecule has 0 aliphatic heterocycles. The molecule has 142 valence electrons. The number of aromatic nitrogens is 2. The highest BCUT2D eigenvalue weighted by Gasteiger charge is 2.16. The predicted molar refractivity (Wildman–Crippen MR) is 117 cm³/mol. The summed E-state index contributed by atoms with van der Waals surface area (Å²) in [6.45, 7) is 0. The van der Waals surface area contributed by atoms with Crippen LogP contribution in [0.1, 0.15) is 5.56 Å². The Hall–Kier alpha value is -2.28. The molecule has 0 amide bonds. The second kappa shape index (κ2) is 8.39.